The Morgan fingerprint density at radius 3 is 1.27 bits per heavy atom. The number of anilines is 2. The molecule has 4 nitrogen and oxygen atoms in total. The van der Waals surface area contributed by atoms with E-state index in [0.29, 0.717) is 0 Å². The molecule has 0 fully saturated rings. The first-order valence-electron chi connectivity index (χ1n) is 13.6. The number of amides is 2. The average Bonchev–Trinajstić information content (AvgIpc) is 3.60. The molecule has 2 aliphatic rings. The fraction of sp³-hybridized carbons (Fsp3) is 0.312. The number of benzene rings is 2. The Bertz CT molecular complexity index is 1390. The van der Waals surface area contributed by atoms with Gasteiger partial charge in [0.1, 0.15) is 0 Å². The molecule has 0 aliphatic heterocycles. The monoisotopic (exact) mass is 602 g/mol. The van der Waals surface area contributed by atoms with Gasteiger partial charge in [0.05, 0.1) is 0 Å². The minimum absolute atomic E-state index is 0.0741. The van der Waals surface area contributed by atoms with Crippen LogP contribution < -0.4 is 17.5 Å². The molecule has 0 saturated heterocycles. The number of halogens is 4. The van der Waals surface area contributed by atoms with Gasteiger partial charge in [-0.1, -0.05) is 0 Å². The van der Waals surface area contributed by atoms with Gasteiger partial charge in [-0.05, 0) is 0 Å². The van der Waals surface area contributed by atoms with Crippen LogP contribution in [-0.2, 0) is 26.2 Å². The summed E-state index contributed by atoms with van der Waals surface area (Å²) in [6, 6.07) is 4.49. The Labute approximate surface area is 242 Å². The summed E-state index contributed by atoms with van der Waals surface area (Å²) in [6.45, 7) is 6.74. The molecule has 0 heterocycles. The van der Waals surface area contributed by atoms with Crippen LogP contribution in [0.15, 0.2) is 72.9 Å². The first-order valence-corrected chi connectivity index (χ1v) is 16.7. The van der Waals surface area contributed by atoms with Crippen LogP contribution in [0, 0.1) is 23.3 Å². The molecule has 0 N–H and O–H groups in total. The fourth-order valence-corrected chi connectivity index (χ4v) is 17.0. The Balaban J connectivity index is 2.27. The van der Waals surface area contributed by atoms with Crippen LogP contribution in [0.3, 0.4) is 0 Å². The Morgan fingerprint density at radius 1 is 0.659 bits per heavy atom. The Morgan fingerprint density at radius 2 is 0.976 bits per heavy atom. The van der Waals surface area contributed by atoms with E-state index in [2.05, 4.69) is 0 Å². The van der Waals surface area contributed by atoms with Crippen molar-refractivity contribution in [1.82, 2.24) is 0 Å². The Kier molecular flexibility index (Phi) is 8.41. The summed E-state index contributed by atoms with van der Waals surface area (Å²) >= 11 is -5.30. The van der Waals surface area contributed by atoms with Crippen LogP contribution in [0.2, 0.25) is 7.44 Å². The van der Waals surface area contributed by atoms with E-state index in [4.69, 9.17) is 0 Å². The SMILES string of the molecule is CCC(=O)N(C)c1ccc(F)[c]([Ti]([c]2c(F)ccc(N(C)C(=O)CC)c2F)([C]2(C)C=CC=C2)[C]2(C)C=CC=C2)c1F. The first-order chi connectivity index (χ1) is 19.3. The number of hydrogen-bond donors (Lipinski definition) is 0. The third-order valence-electron chi connectivity index (χ3n) is 8.58. The second-order valence-electron chi connectivity index (χ2n) is 10.9. The fourth-order valence-electron chi connectivity index (χ4n) is 6.45. The maximum absolute atomic E-state index is 17.0. The molecule has 216 valence electrons. The van der Waals surface area contributed by atoms with Crippen molar-refractivity contribution < 1.29 is 43.7 Å². The minimum atomic E-state index is -5.30. The molecule has 0 aromatic heterocycles. The molecule has 2 aromatic rings. The number of carbonyl (C=O) groups is 2. The van der Waals surface area contributed by atoms with Crippen LogP contribution in [0.4, 0.5) is 28.9 Å². The summed E-state index contributed by atoms with van der Waals surface area (Å²) in [5.41, 5.74) is -0.356. The molecule has 0 saturated carbocycles. The van der Waals surface area contributed by atoms with Crippen LogP contribution in [0.5, 0.6) is 0 Å². The Hall–Kier alpha value is -3.23. The standard InChI is InChI=1S/2C10H10F2NO.2C6H7.Ti/c2*1-3-10(14)13(2)9-5-4-7(11)6-8(9)12;2*1-6-4-2-3-5-6;/h2*4-5H,3H2,1-2H3;2*2-5H,1H3;. The van der Waals surface area contributed by atoms with Crippen LogP contribution in [0.25, 0.3) is 0 Å². The van der Waals surface area contributed by atoms with Crippen molar-refractivity contribution >= 4 is 30.9 Å². The normalized spacial score (nSPS) is 16.4. The van der Waals surface area contributed by atoms with E-state index in [0.717, 1.165) is 21.9 Å². The zero-order valence-corrected chi connectivity index (χ0v) is 25.6. The van der Waals surface area contributed by atoms with Crippen molar-refractivity contribution in [3.05, 3.63) is 96.1 Å². The van der Waals surface area contributed by atoms with Crippen LogP contribution in [-0.4, -0.2) is 25.9 Å². The summed E-state index contributed by atoms with van der Waals surface area (Å²) < 4.78 is 63.6. The number of hydrogen-bond acceptors (Lipinski definition) is 2. The number of nitrogens with zero attached hydrogens (tertiary/aromatic N) is 2. The van der Waals surface area contributed by atoms with Gasteiger partial charge in [0.15, 0.2) is 0 Å². The number of carbonyl (C=O) groups excluding carboxylic acids is 2. The third-order valence-corrected chi connectivity index (χ3v) is 18.4. The van der Waals surface area contributed by atoms with Crippen LogP contribution in [0.1, 0.15) is 40.5 Å². The van der Waals surface area contributed by atoms with E-state index >= 15 is 17.6 Å². The summed E-state index contributed by atoms with van der Waals surface area (Å²) in [4.78, 5) is 27.4. The molecule has 2 amide bonds. The first kappa shape index (κ1) is 30.7. The predicted molar refractivity (Wildman–Crippen MR) is 153 cm³/mol. The van der Waals surface area contributed by atoms with Gasteiger partial charge in [-0.15, -0.1) is 0 Å². The molecule has 0 bridgehead atoms. The average molecular weight is 602 g/mol. The van der Waals surface area contributed by atoms with E-state index < -0.39 is 66.8 Å². The molecule has 2 aliphatic carbocycles. The van der Waals surface area contributed by atoms with Crippen molar-refractivity contribution in [3.63, 3.8) is 0 Å². The molecule has 9 heteroatoms. The van der Waals surface area contributed by atoms with E-state index in [1.165, 1.54) is 26.2 Å². The summed E-state index contributed by atoms with van der Waals surface area (Å²) in [5.74, 6) is -4.76. The van der Waals surface area contributed by atoms with Crippen LogP contribution >= 0.6 is 0 Å². The van der Waals surface area contributed by atoms with Crippen molar-refractivity contribution in [2.75, 3.05) is 23.9 Å². The molecule has 41 heavy (non-hydrogen) atoms. The van der Waals surface area contributed by atoms with E-state index in [1.54, 1.807) is 76.3 Å². The van der Waals surface area contributed by atoms with E-state index in [1.807, 2.05) is 0 Å². The zero-order valence-electron chi connectivity index (χ0n) is 24.1. The summed E-state index contributed by atoms with van der Waals surface area (Å²) in [7, 11) is 2.78. The van der Waals surface area contributed by atoms with Gasteiger partial charge in [-0.25, -0.2) is 0 Å². The number of allylic oxidation sites excluding steroid dienone is 8. The quantitative estimate of drug-likeness (QED) is 0.249. The van der Waals surface area contributed by atoms with Gasteiger partial charge in [0.2, 0.25) is 0 Å². The molecule has 4 rings (SSSR count). The summed E-state index contributed by atoms with van der Waals surface area (Å²) in [5, 5.41) is 0. The third kappa shape index (κ3) is 4.56. The van der Waals surface area contributed by atoms with Gasteiger partial charge in [-0.3, -0.25) is 0 Å². The second kappa shape index (κ2) is 11.2. The molecular formula is C32H34F4N2O2Ti. The number of rotatable bonds is 8. The molecular weight excluding hydrogens is 568 g/mol. The zero-order chi connectivity index (χ0) is 30.3. The van der Waals surface area contributed by atoms with Gasteiger partial charge < -0.3 is 0 Å². The molecule has 2 aromatic carbocycles. The van der Waals surface area contributed by atoms with E-state index in [9.17, 15) is 9.59 Å². The maximum atomic E-state index is 17.0. The van der Waals surface area contributed by atoms with Crippen molar-refractivity contribution in [1.29, 1.82) is 0 Å². The molecule has 0 spiro atoms. The predicted octanol–water partition coefficient (Wildman–Crippen LogP) is 6.70. The second-order valence-corrected chi connectivity index (χ2v) is 18.1. The van der Waals surface area contributed by atoms with Gasteiger partial charge in [0.25, 0.3) is 0 Å². The van der Waals surface area contributed by atoms with Crippen molar-refractivity contribution in [2.45, 2.75) is 48.0 Å². The molecule has 0 atom stereocenters. The van der Waals surface area contributed by atoms with E-state index in [-0.39, 0.29) is 24.2 Å². The molecule has 0 unspecified atom stereocenters. The van der Waals surface area contributed by atoms with Gasteiger partial charge in [-0.2, -0.15) is 0 Å². The van der Waals surface area contributed by atoms with Gasteiger partial charge in [0, 0.05) is 0 Å². The van der Waals surface area contributed by atoms with Crippen molar-refractivity contribution in [3.8, 4) is 0 Å². The summed E-state index contributed by atoms with van der Waals surface area (Å²) in [6.07, 6.45) is 14.0. The topological polar surface area (TPSA) is 40.6 Å². The molecule has 0 radical (unpaired) electrons. The van der Waals surface area contributed by atoms with Gasteiger partial charge >= 0.3 is 243 Å². The van der Waals surface area contributed by atoms with Crippen molar-refractivity contribution in [2.24, 2.45) is 0 Å².